The predicted octanol–water partition coefficient (Wildman–Crippen LogP) is 1.95. The van der Waals surface area contributed by atoms with Crippen LogP contribution in [0.15, 0.2) is 12.3 Å². The van der Waals surface area contributed by atoms with E-state index in [2.05, 4.69) is 9.78 Å². The Hall–Kier alpha value is -0.910. The smallest absolute Gasteiger partial charge is 0.0829 e. The van der Waals surface area contributed by atoms with E-state index < -0.39 is 6.10 Å². The molecule has 1 fully saturated rings. The molecular weight excluding hydrogens is 256 g/mol. The Morgan fingerprint density at radius 1 is 1.35 bits per heavy atom. The largest absolute Gasteiger partial charge is 0.390 e. The van der Waals surface area contributed by atoms with Gasteiger partial charge in [-0.3, -0.25) is 4.68 Å². The van der Waals surface area contributed by atoms with Crippen LogP contribution in [-0.2, 0) is 15.9 Å². The van der Waals surface area contributed by atoms with Crippen LogP contribution in [0.3, 0.4) is 0 Å². The lowest BCUT2D eigenvalue weighted by atomic mass is 9.96. The van der Waals surface area contributed by atoms with E-state index in [1.807, 2.05) is 12.3 Å². The van der Waals surface area contributed by atoms with Crippen molar-refractivity contribution in [2.24, 2.45) is 0 Å². The van der Waals surface area contributed by atoms with Crippen LogP contribution in [0.2, 0.25) is 0 Å². The average molecular weight is 282 g/mol. The molecule has 114 valence electrons. The molecule has 20 heavy (non-hydrogen) atoms. The average Bonchev–Trinajstić information content (AvgIpc) is 2.93. The van der Waals surface area contributed by atoms with E-state index in [-0.39, 0.29) is 0 Å². The maximum absolute atomic E-state index is 9.91. The number of hydrogen-bond donors (Lipinski definition) is 1. The summed E-state index contributed by atoms with van der Waals surface area (Å²) in [4.78, 5) is 0. The maximum Gasteiger partial charge on any atom is 0.0829 e. The highest BCUT2D eigenvalue weighted by molar-refractivity contribution is 5.01. The monoisotopic (exact) mass is 282 g/mol. The van der Waals surface area contributed by atoms with Crippen molar-refractivity contribution in [2.75, 3.05) is 26.9 Å². The number of rotatable bonds is 8. The van der Waals surface area contributed by atoms with Crippen LogP contribution >= 0.6 is 0 Å². The van der Waals surface area contributed by atoms with Gasteiger partial charge >= 0.3 is 0 Å². The first-order valence-electron chi connectivity index (χ1n) is 7.58. The van der Waals surface area contributed by atoms with Gasteiger partial charge in [0.05, 0.1) is 37.7 Å². The molecule has 5 nitrogen and oxygen atoms in total. The van der Waals surface area contributed by atoms with Crippen LogP contribution in [0, 0.1) is 0 Å². The molecule has 0 radical (unpaired) electrons. The molecule has 1 unspecified atom stereocenters. The van der Waals surface area contributed by atoms with Crippen molar-refractivity contribution >= 4 is 0 Å². The molecule has 1 aliphatic rings. The van der Waals surface area contributed by atoms with Gasteiger partial charge in [-0.1, -0.05) is 19.3 Å². The summed E-state index contributed by atoms with van der Waals surface area (Å²) in [6, 6.07) is 2.56. The minimum atomic E-state index is -0.499. The summed E-state index contributed by atoms with van der Waals surface area (Å²) >= 11 is 0. The van der Waals surface area contributed by atoms with Gasteiger partial charge in [-0.05, 0) is 18.9 Å². The van der Waals surface area contributed by atoms with Crippen molar-refractivity contribution in [3.05, 3.63) is 18.0 Å². The van der Waals surface area contributed by atoms with E-state index in [1.54, 1.807) is 7.11 Å². The zero-order valence-corrected chi connectivity index (χ0v) is 12.3. The van der Waals surface area contributed by atoms with Gasteiger partial charge in [0.1, 0.15) is 0 Å². The molecule has 1 aromatic heterocycles. The fourth-order valence-electron chi connectivity index (χ4n) is 2.70. The molecule has 1 atom stereocenters. The Bertz CT molecular complexity index is 375. The normalized spacial score (nSPS) is 18.3. The highest BCUT2D eigenvalue weighted by Gasteiger charge is 2.16. The SMILES string of the molecule is COCCOCC(O)Cc1ccn(C2CCCCC2)n1. The van der Waals surface area contributed by atoms with E-state index in [0.29, 0.717) is 32.3 Å². The molecule has 0 spiro atoms. The van der Waals surface area contributed by atoms with Crippen LogP contribution in [0.25, 0.3) is 0 Å². The second-order valence-electron chi connectivity index (χ2n) is 5.50. The number of ether oxygens (including phenoxy) is 2. The van der Waals surface area contributed by atoms with Crippen molar-refractivity contribution in [1.29, 1.82) is 0 Å². The molecule has 1 saturated carbocycles. The predicted molar refractivity (Wildman–Crippen MR) is 76.8 cm³/mol. The Morgan fingerprint density at radius 2 is 2.15 bits per heavy atom. The fraction of sp³-hybridized carbons (Fsp3) is 0.800. The minimum Gasteiger partial charge on any atom is -0.390 e. The highest BCUT2D eigenvalue weighted by Crippen LogP contribution is 2.27. The molecule has 0 aliphatic heterocycles. The Morgan fingerprint density at radius 3 is 2.90 bits per heavy atom. The molecule has 1 aliphatic carbocycles. The summed E-state index contributed by atoms with van der Waals surface area (Å²) in [5.74, 6) is 0. The first-order valence-corrected chi connectivity index (χ1v) is 7.58. The van der Waals surface area contributed by atoms with Crippen molar-refractivity contribution in [3.63, 3.8) is 0 Å². The molecule has 0 aromatic carbocycles. The summed E-state index contributed by atoms with van der Waals surface area (Å²) in [7, 11) is 1.64. The van der Waals surface area contributed by atoms with Gasteiger partial charge in [0.25, 0.3) is 0 Å². The zero-order chi connectivity index (χ0) is 14.2. The topological polar surface area (TPSA) is 56.5 Å². The highest BCUT2D eigenvalue weighted by atomic mass is 16.5. The second kappa shape index (κ2) is 8.39. The molecule has 1 aromatic rings. The number of methoxy groups -OCH3 is 1. The van der Waals surface area contributed by atoms with Crippen molar-refractivity contribution in [2.45, 2.75) is 50.7 Å². The van der Waals surface area contributed by atoms with Gasteiger partial charge < -0.3 is 14.6 Å². The molecule has 1 heterocycles. The maximum atomic E-state index is 9.91. The quantitative estimate of drug-likeness (QED) is 0.741. The number of aromatic nitrogens is 2. The van der Waals surface area contributed by atoms with Gasteiger partial charge in [-0.15, -0.1) is 0 Å². The first-order chi connectivity index (χ1) is 9.79. The van der Waals surface area contributed by atoms with E-state index in [4.69, 9.17) is 9.47 Å². The van der Waals surface area contributed by atoms with Crippen molar-refractivity contribution in [3.8, 4) is 0 Å². The molecule has 1 N–H and O–H groups in total. The lowest BCUT2D eigenvalue weighted by Gasteiger charge is -2.21. The third-order valence-corrected chi connectivity index (χ3v) is 3.80. The number of aliphatic hydroxyl groups is 1. The summed E-state index contributed by atoms with van der Waals surface area (Å²) in [6.45, 7) is 1.41. The van der Waals surface area contributed by atoms with Crippen LogP contribution in [0.4, 0.5) is 0 Å². The Balaban J connectivity index is 1.74. The Kier molecular flexibility index (Phi) is 6.50. The molecule has 2 rings (SSSR count). The third kappa shape index (κ3) is 4.89. The van der Waals surface area contributed by atoms with Gasteiger partial charge in [0.2, 0.25) is 0 Å². The van der Waals surface area contributed by atoms with Crippen LogP contribution in [-0.4, -0.2) is 47.9 Å². The lowest BCUT2D eigenvalue weighted by Crippen LogP contribution is -2.20. The van der Waals surface area contributed by atoms with Crippen LogP contribution < -0.4 is 0 Å². The van der Waals surface area contributed by atoms with Crippen molar-refractivity contribution < 1.29 is 14.6 Å². The lowest BCUT2D eigenvalue weighted by molar-refractivity contribution is 0.0133. The number of nitrogens with zero attached hydrogens (tertiary/aromatic N) is 2. The van der Waals surface area contributed by atoms with Gasteiger partial charge in [-0.25, -0.2) is 0 Å². The summed E-state index contributed by atoms with van der Waals surface area (Å²) in [6.07, 6.45) is 8.50. The standard InChI is InChI=1S/C15H26N2O3/c1-19-9-10-20-12-15(18)11-13-7-8-17(16-13)14-5-3-2-4-6-14/h7-8,14-15,18H,2-6,9-12H2,1H3. The van der Waals surface area contributed by atoms with Gasteiger partial charge in [-0.2, -0.15) is 5.10 Å². The molecular formula is C15H26N2O3. The Labute approximate surface area is 120 Å². The molecule has 5 heteroatoms. The summed E-state index contributed by atoms with van der Waals surface area (Å²) < 4.78 is 12.3. The van der Waals surface area contributed by atoms with E-state index in [0.717, 1.165) is 5.69 Å². The third-order valence-electron chi connectivity index (χ3n) is 3.80. The van der Waals surface area contributed by atoms with Gasteiger partial charge in [0.15, 0.2) is 0 Å². The van der Waals surface area contributed by atoms with Crippen LogP contribution in [0.5, 0.6) is 0 Å². The molecule has 0 bridgehead atoms. The number of aliphatic hydroxyl groups excluding tert-OH is 1. The first kappa shape index (κ1) is 15.5. The fourth-order valence-corrected chi connectivity index (χ4v) is 2.70. The van der Waals surface area contributed by atoms with Crippen molar-refractivity contribution in [1.82, 2.24) is 9.78 Å². The summed E-state index contributed by atoms with van der Waals surface area (Å²) in [5.41, 5.74) is 0.943. The second-order valence-corrected chi connectivity index (χ2v) is 5.50. The molecule has 0 saturated heterocycles. The minimum absolute atomic E-state index is 0.333. The number of hydrogen-bond acceptors (Lipinski definition) is 4. The summed E-state index contributed by atoms with van der Waals surface area (Å²) in [5, 5.41) is 14.5. The van der Waals surface area contributed by atoms with E-state index >= 15 is 0 Å². The van der Waals surface area contributed by atoms with Gasteiger partial charge in [0, 0.05) is 19.7 Å². The van der Waals surface area contributed by atoms with E-state index in [9.17, 15) is 5.11 Å². The zero-order valence-electron chi connectivity index (χ0n) is 12.3. The molecule has 0 amide bonds. The van der Waals surface area contributed by atoms with Crippen LogP contribution in [0.1, 0.15) is 43.8 Å². The van der Waals surface area contributed by atoms with E-state index in [1.165, 1.54) is 32.1 Å².